The van der Waals surface area contributed by atoms with Crippen LogP contribution in [0.1, 0.15) is 89.9 Å². The number of unbranched alkanes of at least 4 members (excludes halogenated alkanes) is 4. The Labute approximate surface area is 349 Å². The maximum atomic E-state index is 12.6. The molecule has 0 spiro atoms. The number of nitrogens with one attached hydrogen (secondary N) is 6. The lowest BCUT2D eigenvalue weighted by atomic mass is 10.0. The fourth-order valence-electron chi connectivity index (χ4n) is 7.42. The highest BCUT2D eigenvalue weighted by molar-refractivity contribution is 8.00. The van der Waals surface area contributed by atoms with Crippen molar-refractivity contribution in [1.82, 2.24) is 31.9 Å². The standard InChI is InChI=1S/C35H64N6O13P2S2/c1-51-55(47,48)52-20-25(11-7-9-17-37-31(44)15-5-3-13-29-33-27(23-58-29)39-35(46)41-33)21-54-56(49,50)53-19-24(18-42)10-6-8-16-36-30(43)14-4-2-12-28-32-26(22-57-28)38-34(45)40-32/h24-29,32-33,42H,2-23H2,1H3,(H,36,43)(H,37,44)(H,47,48)(H,49,50)(H2,38,40,45)(H2,39,41,46)/p-2. The molecule has 19 nitrogen and oxygen atoms in total. The number of hydrogen-bond acceptors (Lipinski definition) is 15. The summed E-state index contributed by atoms with van der Waals surface area (Å²) in [6.07, 6.45) is 9.05. The van der Waals surface area contributed by atoms with Crippen LogP contribution in [0.2, 0.25) is 0 Å². The van der Waals surface area contributed by atoms with E-state index >= 15 is 0 Å². The maximum absolute atomic E-state index is 12.6. The number of thioether (sulfide) groups is 2. The fraction of sp³-hybridized carbons (Fsp3) is 0.886. The van der Waals surface area contributed by atoms with Crippen molar-refractivity contribution in [2.75, 3.05) is 58.1 Å². The van der Waals surface area contributed by atoms with Gasteiger partial charge < -0.3 is 64.9 Å². The third-order valence-corrected chi connectivity index (χ3v) is 15.6. The fourth-order valence-corrected chi connectivity index (χ4v) is 11.9. The van der Waals surface area contributed by atoms with E-state index < -0.39 is 34.1 Å². The topological polar surface area (TPSA) is 278 Å². The number of aliphatic hydroxyl groups excluding tert-OH is 1. The Morgan fingerprint density at radius 3 is 1.62 bits per heavy atom. The van der Waals surface area contributed by atoms with Gasteiger partial charge in [-0.15, -0.1) is 0 Å². The summed E-state index contributed by atoms with van der Waals surface area (Å²) in [4.78, 5) is 72.1. The number of phosphoric ester groups is 2. The monoisotopic (exact) mass is 900 g/mol. The van der Waals surface area contributed by atoms with Gasteiger partial charge in [0.1, 0.15) is 0 Å². The number of hydrogen-bond donors (Lipinski definition) is 7. The Kier molecular flexibility index (Phi) is 21.4. The molecule has 4 aliphatic heterocycles. The first-order chi connectivity index (χ1) is 27.8. The van der Waals surface area contributed by atoms with Gasteiger partial charge in [-0.1, -0.05) is 25.7 Å². The predicted molar refractivity (Wildman–Crippen MR) is 216 cm³/mol. The molecular formula is C35H62N6O13P2S2-2. The van der Waals surface area contributed by atoms with Crippen molar-refractivity contribution in [2.24, 2.45) is 11.8 Å². The van der Waals surface area contributed by atoms with Crippen LogP contribution < -0.4 is 41.7 Å². The third kappa shape index (κ3) is 17.8. The Hall–Kier alpha value is -1.64. The van der Waals surface area contributed by atoms with E-state index in [0.29, 0.717) is 75.0 Å². The predicted octanol–water partition coefficient (Wildman–Crippen LogP) is 1.87. The van der Waals surface area contributed by atoms with E-state index in [1.54, 1.807) is 0 Å². The van der Waals surface area contributed by atoms with Crippen LogP contribution in [0.3, 0.4) is 0 Å². The summed E-state index contributed by atoms with van der Waals surface area (Å²) < 4.78 is 43.7. The van der Waals surface area contributed by atoms with Crippen LogP contribution in [0.15, 0.2) is 0 Å². The Morgan fingerprint density at radius 1 is 0.707 bits per heavy atom. The normalized spacial score (nSPS) is 26.6. The van der Waals surface area contributed by atoms with Gasteiger partial charge in [0.2, 0.25) is 11.8 Å². The molecule has 4 aliphatic rings. The molecule has 4 saturated heterocycles. The van der Waals surface area contributed by atoms with Crippen molar-refractivity contribution in [3.05, 3.63) is 0 Å². The number of rotatable bonds is 31. The molecule has 4 fully saturated rings. The largest absolute Gasteiger partial charge is 0.756 e. The van der Waals surface area contributed by atoms with Crippen molar-refractivity contribution in [3.63, 3.8) is 0 Å². The summed E-state index contributed by atoms with van der Waals surface area (Å²) in [6, 6.07) is 0.436. The van der Waals surface area contributed by atoms with E-state index in [9.17, 15) is 43.2 Å². The average molecular weight is 901 g/mol. The lowest BCUT2D eigenvalue weighted by Gasteiger charge is -2.28. The van der Waals surface area contributed by atoms with Gasteiger partial charge in [0.05, 0.1) is 44.0 Å². The Morgan fingerprint density at radius 2 is 1.16 bits per heavy atom. The summed E-state index contributed by atoms with van der Waals surface area (Å²) in [5.41, 5.74) is 0. The quantitative estimate of drug-likeness (QED) is 0.0297. The number of urea groups is 2. The van der Waals surface area contributed by atoms with Crippen LogP contribution in [0.25, 0.3) is 0 Å². The highest BCUT2D eigenvalue weighted by Gasteiger charge is 2.43. The zero-order valence-corrected chi connectivity index (χ0v) is 36.7. The van der Waals surface area contributed by atoms with Gasteiger partial charge in [-0.25, -0.2) is 9.59 Å². The molecule has 0 aromatic heterocycles. The Balaban J connectivity index is 1.03. The molecule has 334 valence electrons. The van der Waals surface area contributed by atoms with Crippen molar-refractivity contribution >= 4 is 63.0 Å². The van der Waals surface area contributed by atoms with Gasteiger partial charge in [-0.3, -0.25) is 18.7 Å². The first-order valence-corrected chi connectivity index (χ1v) is 25.4. The molecule has 6 amide bonds. The molecule has 23 heteroatoms. The maximum Gasteiger partial charge on any atom is 0.315 e. The van der Waals surface area contributed by atoms with E-state index in [1.165, 1.54) is 0 Å². The van der Waals surface area contributed by atoms with Crippen LogP contribution in [0, 0.1) is 11.8 Å². The minimum Gasteiger partial charge on any atom is -0.756 e. The molecule has 10 atom stereocenters. The molecule has 0 aliphatic carbocycles. The molecule has 4 heterocycles. The smallest absolute Gasteiger partial charge is 0.315 e. The molecule has 0 saturated carbocycles. The highest BCUT2D eigenvalue weighted by atomic mass is 32.2. The van der Waals surface area contributed by atoms with Crippen molar-refractivity contribution in [1.29, 1.82) is 0 Å². The molecular weight excluding hydrogens is 838 g/mol. The van der Waals surface area contributed by atoms with Gasteiger partial charge in [0, 0.05) is 73.5 Å². The van der Waals surface area contributed by atoms with Gasteiger partial charge in [0.25, 0.3) is 15.6 Å². The van der Waals surface area contributed by atoms with Crippen LogP contribution in [0.4, 0.5) is 9.59 Å². The van der Waals surface area contributed by atoms with E-state index in [2.05, 4.69) is 36.4 Å². The zero-order valence-electron chi connectivity index (χ0n) is 33.2. The molecule has 10 unspecified atom stereocenters. The van der Waals surface area contributed by atoms with Crippen molar-refractivity contribution < 1.29 is 61.3 Å². The molecule has 4 rings (SSSR count). The second-order valence-electron chi connectivity index (χ2n) is 15.3. The van der Waals surface area contributed by atoms with Crippen LogP contribution >= 0.6 is 39.2 Å². The molecule has 0 aromatic rings. The van der Waals surface area contributed by atoms with Crippen LogP contribution in [-0.2, 0) is 36.8 Å². The van der Waals surface area contributed by atoms with Crippen LogP contribution in [-0.4, -0.2) is 122 Å². The Bertz CT molecular complexity index is 1430. The van der Waals surface area contributed by atoms with Gasteiger partial charge in [0.15, 0.2) is 0 Å². The first kappa shape index (κ1) is 49.0. The van der Waals surface area contributed by atoms with Gasteiger partial charge >= 0.3 is 12.1 Å². The minimum absolute atomic E-state index is 0.0368. The van der Waals surface area contributed by atoms with Gasteiger partial charge in [-0.2, -0.15) is 23.5 Å². The summed E-state index contributed by atoms with van der Waals surface area (Å²) in [7, 11) is -8.43. The lowest BCUT2D eigenvalue weighted by molar-refractivity contribution is -0.229. The van der Waals surface area contributed by atoms with Crippen LogP contribution in [0.5, 0.6) is 0 Å². The number of aliphatic hydroxyl groups is 1. The summed E-state index contributed by atoms with van der Waals surface area (Å²) in [5, 5.41) is 28.1. The summed E-state index contributed by atoms with van der Waals surface area (Å²) >= 11 is 3.69. The van der Waals surface area contributed by atoms with Crippen molar-refractivity contribution in [2.45, 2.75) is 125 Å². The van der Waals surface area contributed by atoms with E-state index in [-0.39, 0.29) is 67.9 Å². The van der Waals surface area contributed by atoms with E-state index in [1.807, 2.05) is 23.5 Å². The van der Waals surface area contributed by atoms with Crippen molar-refractivity contribution in [3.8, 4) is 0 Å². The van der Waals surface area contributed by atoms with Gasteiger partial charge in [-0.05, 0) is 51.4 Å². The highest BCUT2D eigenvalue weighted by Crippen LogP contribution is 2.42. The lowest BCUT2D eigenvalue weighted by Crippen LogP contribution is -2.36. The number of fused-ring (bicyclic) bond motifs is 2. The SMILES string of the molecule is COP(=O)([O-])OCC(CCCCNC(=O)CCCCC1SCC2NC(=O)NC21)COP(=O)([O-])OCC(CO)CCCCNC(=O)CCCCC1SCC2NC(=O)NC21. The number of phosphoric acid groups is 2. The minimum atomic E-state index is -4.81. The third-order valence-electron chi connectivity index (χ3n) is 10.8. The zero-order chi connectivity index (χ0) is 42.0. The second kappa shape index (κ2) is 25.3. The number of amides is 6. The van der Waals surface area contributed by atoms with E-state index in [4.69, 9.17) is 13.6 Å². The first-order valence-electron chi connectivity index (χ1n) is 20.4. The molecule has 0 aromatic carbocycles. The number of carbonyl (C=O) groups excluding carboxylic acids is 4. The molecule has 58 heavy (non-hydrogen) atoms. The number of carbonyl (C=O) groups is 4. The molecule has 0 bridgehead atoms. The molecule has 0 radical (unpaired) electrons. The molecule has 7 N–H and O–H groups in total. The van der Waals surface area contributed by atoms with E-state index in [0.717, 1.165) is 57.1 Å². The summed E-state index contributed by atoms with van der Waals surface area (Å²) in [6.45, 7) is -0.547. The second-order valence-corrected chi connectivity index (χ2v) is 20.8. The summed E-state index contributed by atoms with van der Waals surface area (Å²) in [5.74, 6) is 0.556. The average Bonchev–Trinajstić information content (AvgIpc) is 3.95.